The van der Waals surface area contributed by atoms with Gasteiger partial charge in [0.1, 0.15) is 0 Å². The Morgan fingerprint density at radius 1 is 0.321 bits per heavy atom. The van der Waals surface area contributed by atoms with Crippen LogP contribution < -0.4 is 0 Å². The zero-order chi connectivity index (χ0) is 52.4. The molecule has 8 heteroatoms. The predicted octanol–water partition coefficient (Wildman–Crippen LogP) is 17.2. The summed E-state index contributed by atoms with van der Waals surface area (Å²) in [6, 6.07) is 104. The van der Waals surface area contributed by atoms with E-state index in [1.807, 2.05) is 127 Å². The standard InChI is InChI=1S/C36H24N2.3C11H8N.CH4BP.Ir/c1-5-13-33-29(9-1)30-10-2-6-14-34(30)37(33)27-21-17-25(18-22-27)26-19-23-28(24-20-26)38-35-15-7-3-11-31(35)32-12-4-8-16-36(32)38;3*1-2-6-10(7-3-1)11-8-4-5-9-12-11;2-1-3;/h1-24H;3*1-6,8-9H;1,3H2;/q;3*-1;;+3. The Labute approximate surface area is 474 Å². The first-order valence-electron chi connectivity index (χ1n) is 25.4. The van der Waals surface area contributed by atoms with Crippen molar-refractivity contribution in [1.82, 2.24) is 24.1 Å². The van der Waals surface area contributed by atoms with Crippen LogP contribution in [0.1, 0.15) is 0 Å². The van der Waals surface area contributed by atoms with Gasteiger partial charge in [-0.1, -0.05) is 140 Å². The van der Waals surface area contributed by atoms with Gasteiger partial charge in [0.25, 0.3) is 0 Å². The maximum absolute atomic E-state index is 4.81. The quantitative estimate of drug-likeness (QED) is 0.0947. The molecule has 0 aliphatic heterocycles. The number of pyridine rings is 3. The smallest absolute Gasteiger partial charge is 0.309 e. The van der Waals surface area contributed by atoms with Crippen LogP contribution in [0.25, 0.3) is 99.9 Å². The van der Waals surface area contributed by atoms with Crippen LogP contribution in [0.5, 0.6) is 0 Å². The van der Waals surface area contributed by atoms with Crippen LogP contribution in [0.4, 0.5) is 0 Å². The van der Waals surface area contributed by atoms with Crippen molar-refractivity contribution in [2.24, 2.45) is 0 Å². The molecule has 78 heavy (non-hydrogen) atoms. The molecule has 0 spiro atoms. The normalized spacial score (nSPS) is 10.4. The van der Waals surface area contributed by atoms with Crippen LogP contribution in [0.3, 0.4) is 0 Å². The van der Waals surface area contributed by atoms with Gasteiger partial charge in [0.2, 0.25) is 0 Å². The average molecular weight is 1200 g/mol. The molecule has 9 aromatic carbocycles. The summed E-state index contributed by atoms with van der Waals surface area (Å²) in [6.07, 6.45) is 5.36. The summed E-state index contributed by atoms with van der Waals surface area (Å²) in [6.45, 7) is 0. The van der Waals surface area contributed by atoms with E-state index >= 15 is 0 Å². The second-order valence-electron chi connectivity index (χ2n) is 17.5. The number of benzene rings is 9. The first-order chi connectivity index (χ1) is 38.2. The van der Waals surface area contributed by atoms with E-state index in [2.05, 4.69) is 197 Å². The number of hydrogen-bond acceptors (Lipinski definition) is 3. The summed E-state index contributed by atoms with van der Waals surface area (Å²) >= 11 is 0. The predicted molar refractivity (Wildman–Crippen MR) is 326 cm³/mol. The van der Waals surface area contributed by atoms with Gasteiger partial charge >= 0.3 is 20.1 Å². The van der Waals surface area contributed by atoms with E-state index < -0.39 is 0 Å². The van der Waals surface area contributed by atoms with Gasteiger partial charge in [0, 0.05) is 51.5 Å². The SMILES string of the molecule is [B]CP.[Ir+3].[c-]1ccccc1-c1ccccn1.[c-]1ccccc1-c1ccccn1.[c-]1ccccc1-c1ccccn1.c1ccc2c(c1)c1ccccc1n2-c1ccc(-c2ccc(-n3c4ccccc4c4ccccc43)cc2)cc1. The van der Waals surface area contributed by atoms with E-state index in [9.17, 15) is 0 Å². The summed E-state index contributed by atoms with van der Waals surface area (Å²) in [5.74, 6) is 0. The zero-order valence-electron chi connectivity index (χ0n) is 42.6. The second-order valence-corrected chi connectivity index (χ2v) is 18.0. The summed E-state index contributed by atoms with van der Waals surface area (Å²) in [7, 11) is 7.17. The third-order valence-corrected chi connectivity index (χ3v) is 12.7. The fourth-order valence-electron chi connectivity index (χ4n) is 9.23. The van der Waals surface area contributed by atoms with Crippen molar-refractivity contribution in [1.29, 1.82) is 0 Å². The number of hydrogen-bond donors (Lipinski definition) is 0. The molecule has 0 saturated carbocycles. The minimum absolute atomic E-state index is 0. The van der Waals surface area contributed by atoms with E-state index in [0.717, 1.165) is 33.8 Å². The Hall–Kier alpha value is -8.83. The third-order valence-electron chi connectivity index (χ3n) is 12.7. The van der Waals surface area contributed by atoms with Crippen molar-refractivity contribution < 1.29 is 20.1 Å². The van der Waals surface area contributed by atoms with Gasteiger partial charge in [0.05, 0.1) is 29.9 Å². The van der Waals surface area contributed by atoms with E-state index in [4.69, 9.17) is 7.85 Å². The van der Waals surface area contributed by atoms with Gasteiger partial charge in [0.15, 0.2) is 0 Å². The molecule has 14 rings (SSSR count). The Bertz CT molecular complexity index is 3500. The van der Waals surface area contributed by atoms with Crippen LogP contribution in [0, 0.1) is 18.2 Å². The topological polar surface area (TPSA) is 48.5 Å². The average Bonchev–Trinajstić information content (AvgIpc) is 4.15. The molecule has 0 aliphatic rings. The first-order valence-corrected chi connectivity index (χ1v) is 26.2. The van der Waals surface area contributed by atoms with E-state index in [-0.39, 0.29) is 20.1 Å². The molecule has 5 aromatic heterocycles. The molecule has 0 N–H and O–H groups in total. The number of nitrogens with zero attached hydrogens (tertiary/aromatic N) is 5. The molecule has 1 unspecified atom stereocenters. The fourth-order valence-corrected chi connectivity index (χ4v) is 9.23. The van der Waals surface area contributed by atoms with Crippen molar-refractivity contribution >= 4 is 60.7 Å². The Kier molecular flexibility index (Phi) is 18.9. The molecule has 0 saturated heterocycles. The molecule has 0 fully saturated rings. The second kappa shape index (κ2) is 27.3. The maximum Gasteiger partial charge on any atom is 3.00 e. The first kappa shape index (κ1) is 54.0. The number of rotatable bonds is 6. The zero-order valence-corrected chi connectivity index (χ0v) is 46.2. The van der Waals surface area contributed by atoms with Crippen molar-refractivity contribution in [2.45, 2.75) is 0 Å². The minimum Gasteiger partial charge on any atom is -0.309 e. The minimum atomic E-state index is 0. The molecule has 14 aromatic rings. The van der Waals surface area contributed by atoms with Crippen molar-refractivity contribution in [3.63, 3.8) is 0 Å². The van der Waals surface area contributed by atoms with Gasteiger partial charge in [-0.2, -0.15) is 0 Å². The summed E-state index contributed by atoms with van der Waals surface area (Å²) in [5, 5.41) is 5.14. The molecule has 2 radical (unpaired) electrons. The molecular weight excluding hydrogens is 1140 g/mol. The number of para-hydroxylation sites is 4. The van der Waals surface area contributed by atoms with Crippen molar-refractivity contribution in [2.75, 3.05) is 6.06 Å². The van der Waals surface area contributed by atoms with Crippen molar-refractivity contribution in [3.05, 3.63) is 310 Å². The van der Waals surface area contributed by atoms with Crippen LogP contribution >= 0.6 is 9.24 Å². The Morgan fingerprint density at radius 3 is 0.821 bits per heavy atom. The van der Waals surface area contributed by atoms with Crippen LogP contribution in [-0.2, 0) is 20.1 Å². The molecule has 0 bridgehead atoms. The van der Waals surface area contributed by atoms with Crippen molar-refractivity contribution in [3.8, 4) is 56.3 Å². The monoisotopic (exact) mass is 1200 g/mol. The molecule has 374 valence electrons. The van der Waals surface area contributed by atoms with Gasteiger partial charge < -0.3 is 24.1 Å². The molecule has 1 atom stereocenters. The van der Waals surface area contributed by atoms with Gasteiger partial charge in [-0.05, 0) is 94.9 Å². The summed E-state index contributed by atoms with van der Waals surface area (Å²) < 4.78 is 4.72. The largest absolute Gasteiger partial charge is 3.00 e. The molecule has 5 nitrogen and oxygen atoms in total. The van der Waals surface area contributed by atoms with Crippen LogP contribution in [-0.4, -0.2) is 38.0 Å². The number of fused-ring (bicyclic) bond motifs is 6. The van der Waals surface area contributed by atoms with Gasteiger partial charge in [-0.15, -0.1) is 117 Å². The maximum atomic E-state index is 4.81. The molecule has 5 heterocycles. The van der Waals surface area contributed by atoms with Gasteiger partial charge in [-0.3, -0.25) is 0 Å². The van der Waals surface area contributed by atoms with Crippen LogP contribution in [0.2, 0.25) is 0 Å². The van der Waals surface area contributed by atoms with Crippen LogP contribution in [0.15, 0.2) is 292 Å². The molecule has 0 aliphatic carbocycles. The van der Waals surface area contributed by atoms with E-state index in [1.54, 1.807) is 18.6 Å². The Morgan fingerprint density at radius 2 is 0.577 bits per heavy atom. The van der Waals surface area contributed by atoms with Gasteiger partial charge in [-0.25, -0.2) is 0 Å². The van der Waals surface area contributed by atoms with E-state index in [0.29, 0.717) is 6.06 Å². The summed E-state index contributed by atoms with van der Waals surface area (Å²) in [4.78, 5) is 12.7. The van der Waals surface area contributed by atoms with E-state index in [1.165, 1.54) is 66.1 Å². The Balaban J connectivity index is 0.000000150. The number of aromatic nitrogens is 5. The summed E-state index contributed by atoms with van der Waals surface area (Å²) in [5.41, 5.74) is 15.7. The molecule has 0 amide bonds. The fraction of sp³-hybridized carbons (Fsp3) is 0.0143. The third kappa shape index (κ3) is 12.9. The molecular formula is C70H52BIrN5P.